The van der Waals surface area contributed by atoms with Gasteiger partial charge in [-0.2, -0.15) is 13.2 Å². The van der Waals surface area contributed by atoms with Crippen molar-refractivity contribution in [1.29, 1.82) is 0 Å². The highest BCUT2D eigenvalue weighted by Gasteiger charge is 2.27. The van der Waals surface area contributed by atoms with Crippen LogP contribution in [0.4, 0.5) is 18.9 Å². The van der Waals surface area contributed by atoms with Crippen LogP contribution < -0.4 is 11.1 Å². The molecule has 0 radical (unpaired) electrons. The van der Waals surface area contributed by atoms with Gasteiger partial charge in [-0.05, 0) is 24.3 Å². The van der Waals surface area contributed by atoms with Gasteiger partial charge in [0.25, 0.3) is 5.91 Å². The van der Waals surface area contributed by atoms with Crippen molar-refractivity contribution in [3.8, 4) is 0 Å². The standard InChI is InChI=1S/C13H13F3N2O3/c14-13(15,16)7-20-4-3-18-12(19)11-6-8-5-9(17)1-2-10(8)21-11/h1-2,5-6H,3-4,7,17H2,(H,18,19). The summed E-state index contributed by atoms with van der Waals surface area (Å²) in [5, 5.41) is 3.08. The van der Waals surface area contributed by atoms with Gasteiger partial charge in [0.05, 0.1) is 6.61 Å². The Morgan fingerprint density at radius 2 is 2.10 bits per heavy atom. The van der Waals surface area contributed by atoms with Crippen molar-refractivity contribution in [3.05, 3.63) is 30.0 Å². The molecule has 8 heteroatoms. The first-order valence-electron chi connectivity index (χ1n) is 6.07. The molecule has 0 atom stereocenters. The third-order valence-corrected chi connectivity index (χ3v) is 2.56. The first-order chi connectivity index (χ1) is 9.85. The molecule has 5 nitrogen and oxygen atoms in total. The molecule has 1 amide bonds. The predicted octanol–water partition coefficient (Wildman–Crippen LogP) is 2.32. The number of alkyl halides is 3. The first kappa shape index (κ1) is 15.2. The summed E-state index contributed by atoms with van der Waals surface area (Å²) in [5.41, 5.74) is 6.65. The highest BCUT2D eigenvalue weighted by atomic mass is 19.4. The summed E-state index contributed by atoms with van der Waals surface area (Å²) in [6.45, 7) is -1.63. The Balaban J connectivity index is 1.85. The van der Waals surface area contributed by atoms with Gasteiger partial charge >= 0.3 is 6.18 Å². The van der Waals surface area contributed by atoms with Gasteiger partial charge in [0, 0.05) is 17.6 Å². The van der Waals surface area contributed by atoms with Gasteiger partial charge < -0.3 is 20.2 Å². The number of nitrogens with one attached hydrogen (secondary N) is 1. The number of carbonyl (C=O) groups excluding carboxylic acids is 1. The van der Waals surface area contributed by atoms with Crippen LogP contribution in [0.2, 0.25) is 0 Å². The van der Waals surface area contributed by atoms with E-state index >= 15 is 0 Å². The zero-order valence-corrected chi connectivity index (χ0v) is 10.9. The number of rotatable bonds is 5. The molecule has 0 fully saturated rings. The largest absolute Gasteiger partial charge is 0.451 e. The van der Waals surface area contributed by atoms with Crippen molar-refractivity contribution < 1.29 is 27.1 Å². The van der Waals surface area contributed by atoms with Crippen molar-refractivity contribution >= 4 is 22.6 Å². The first-order valence-corrected chi connectivity index (χ1v) is 6.07. The zero-order valence-electron chi connectivity index (χ0n) is 10.9. The minimum Gasteiger partial charge on any atom is -0.451 e. The molecule has 2 rings (SSSR count). The number of halogens is 3. The molecular weight excluding hydrogens is 289 g/mol. The summed E-state index contributed by atoms with van der Waals surface area (Å²) in [7, 11) is 0. The summed E-state index contributed by atoms with van der Waals surface area (Å²) in [6.07, 6.45) is -4.37. The summed E-state index contributed by atoms with van der Waals surface area (Å²) in [6, 6.07) is 6.44. The number of hydrogen-bond acceptors (Lipinski definition) is 4. The number of ether oxygens (including phenoxy) is 1. The molecular formula is C13H13F3N2O3. The topological polar surface area (TPSA) is 77.5 Å². The monoisotopic (exact) mass is 302 g/mol. The smallest absolute Gasteiger partial charge is 0.411 e. The summed E-state index contributed by atoms with van der Waals surface area (Å²) in [4.78, 5) is 11.7. The number of carbonyl (C=O) groups is 1. The van der Waals surface area contributed by atoms with E-state index in [1.54, 1.807) is 18.2 Å². The van der Waals surface area contributed by atoms with Crippen LogP contribution in [0.5, 0.6) is 0 Å². The van der Waals surface area contributed by atoms with Crippen molar-refractivity contribution in [2.45, 2.75) is 6.18 Å². The number of nitrogen functional groups attached to an aromatic ring is 1. The quantitative estimate of drug-likeness (QED) is 0.656. The van der Waals surface area contributed by atoms with Crippen LogP contribution in [0.25, 0.3) is 11.0 Å². The minimum absolute atomic E-state index is 0.0475. The van der Waals surface area contributed by atoms with Crippen molar-refractivity contribution in [2.24, 2.45) is 0 Å². The van der Waals surface area contributed by atoms with Crippen LogP contribution in [0.1, 0.15) is 10.6 Å². The number of nitrogens with two attached hydrogens (primary N) is 1. The molecule has 0 aliphatic carbocycles. The number of amides is 1. The molecule has 3 N–H and O–H groups in total. The van der Waals surface area contributed by atoms with Crippen LogP contribution in [-0.4, -0.2) is 31.8 Å². The lowest BCUT2D eigenvalue weighted by Crippen LogP contribution is -2.28. The number of benzene rings is 1. The van der Waals surface area contributed by atoms with Crippen LogP contribution in [-0.2, 0) is 4.74 Å². The zero-order chi connectivity index (χ0) is 15.5. The third kappa shape index (κ3) is 4.38. The van der Waals surface area contributed by atoms with Crippen LogP contribution in [0.15, 0.2) is 28.7 Å². The number of furan rings is 1. The molecule has 0 bridgehead atoms. The number of anilines is 1. The molecule has 21 heavy (non-hydrogen) atoms. The maximum Gasteiger partial charge on any atom is 0.411 e. The van der Waals surface area contributed by atoms with Gasteiger partial charge in [0.1, 0.15) is 12.2 Å². The second kappa shape index (κ2) is 6.04. The number of hydrogen-bond donors (Lipinski definition) is 2. The van der Waals surface area contributed by atoms with Crippen LogP contribution in [0.3, 0.4) is 0 Å². The average molecular weight is 302 g/mol. The maximum absolute atomic E-state index is 11.8. The number of fused-ring (bicyclic) bond motifs is 1. The molecule has 0 unspecified atom stereocenters. The lowest BCUT2D eigenvalue weighted by atomic mass is 10.2. The molecule has 0 aliphatic heterocycles. The SMILES string of the molecule is Nc1ccc2oc(C(=O)NCCOCC(F)(F)F)cc2c1. The van der Waals surface area contributed by atoms with E-state index in [2.05, 4.69) is 10.1 Å². The molecule has 0 aliphatic rings. The average Bonchev–Trinajstić information content (AvgIpc) is 2.79. The van der Waals surface area contributed by atoms with E-state index in [4.69, 9.17) is 10.2 Å². The second-order valence-electron chi connectivity index (χ2n) is 4.33. The van der Waals surface area contributed by atoms with Gasteiger partial charge in [0.15, 0.2) is 5.76 Å². The Hall–Kier alpha value is -2.22. The van der Waals surface area contributed by atoms with E-state index in [0.29, 0.717) is 16.7 Å². The third-order valence-electron chi connectivity index (χ3n) is 2.56. The highest BCUT2D eigenvalue weighted by Crippen LogP contribution is 2.21. The van der Waals surface area contributed by atoms with Crippen LogP contribution in [0, 0.1) is 0 Å². The lowest BCUT2D eigenvalue weighted by Gasteiger charge is -2.07. The minimum atomic E-state index is -4.37. The molecule has 1 aromatic carbocycles. The Morgan fingerprint density at radius 1 is 1.33 bits per heavy atom. The summed E-state index contributed by atoms with van der Waals surface area (Å²) in [5.74, 6) is -0.466. The fourth-order valence-electron chi connectivity index (χ4n) is 1.69. The van der Waals surface area contributed by atoms with Gasteiger partial charge in [-0.3, -0.25) is 4.79 Å². The lowest BCUT2D eigenvalue weighted by molar-refractivity contribution is -0.173. The highest BCUT2D eigenvalue weighted by molar-refractivity contribution is 5.96. The summed E-state index contributed by atoms with van der Waals surface area (Å²) < 4.78 is 45.1. The molecule has 1 heterocycles. The van der Waals surface area contributed by atoms with Crippen molar-refractivity contribution in [3.63, 3.8) is 0 Å². The Labute approximate surface area is 117 Å². The van der Waals surface area contributed by atoms with E-state index in [9.17, 15) is 18.0 Å². The Morgan fingerprint density at radius 3 is 2.81 bits per heavy atom. The molecule has 2 aromatic rings. The predicted molar refractivity (Wildman–Crippen MR) is 69.8 cm³/mol. The molecule has 0 saturated heterocycles. The molecule has 114 valence electrons. The van der Waals surface area contributed by atoms with Crippen molar-refractivity contribution in [2.75, 3.05) is 25.5 Å². The molecule has 1 aromatic heterocycles. The van der Waals surface area contributed by atoms with Crippen molar-refractivity contribution in [1.82, 2.24) is 5.32 Å². The fraction of sp³-hybridized carbons (Fsp3) is 0.308. The normalized spacial score (nSPS) is 11.8. The molecule has 0 saturated carbocycles. The maximum atomic E-state index is 11.8. The van der Waals surface area contributed by atoms with Gasteiger partial charge in [-0.25, -0.2) is 0 Å². The van der Waals surface area contributed by atoms with E-state index in [-0.39, 0.29) is 18.9 Å². The van der Waals surface area contributed by atoms with E-state index < -0.39 is 18.7 Å². The van der Waals surface area contributed by atoms with E-state index in [0.717, 1.165) is 0 Å². The fourth-order valence-corrected chi connectivity index (χ4v) is 1.69. The summed E-state index contributed by atoms with van der Waals surface area (Å²) >= 11 is 0. The van der Waals surface area contributed by atoms with E-state index in [1.807, 2.05) is 0 Å². The second-order valence-corrected chi connectivity index (χ2v) is 4.33. The van der Waals surface area contributed by atoms with Gasteiger partial charge in [-0.1, -0.05) is 0 Å². The molecule has 0 spiro atoms. The Kier molecular flexibility index (Phi) is 4.37. The van der Waals surface area contributed by atoms with E-state index in [1.165, 1.54) is 6.07 Å². The van der Waals surface area contributed by atoms with Gasteiger partial charge in [0.2, 0.25) is 0 Å². The van der Waals surface area contributed by atoms with Gasteiger partial charge in [-0.15, -0.1) is 0 Å². The van der Waals surface area contributed by atoms with Crippen LogP contribution >= 0.6 is 0 Å². The Bertz CT molecular complexity index is 637.